The van der Waals surface area contributed by atoms with Crippen molar-refractivity contribution < 1.29 is 19.5 Å². The lowest BCUT2D eigenvalue weighted by Crippen LogP contribution is -2.12. The van der Waals surface area contributed by atoms with Gasteiger partial charge >= 0.3 is 5.97 Å². The number of nitrogens with zero attached hydrogens (tertiary/aromatic N) is 1. The highest BCUT2D eigenvalue weighted by Gasteiger charge is 2.45. The van der Waals surface area contributed by atoms with E-state index in [0.717, 1.165) is 71.4 Å². The van der Waals surface area contributed by atoms with Crippen molar-refractivity contribution in [2.24, 2.45) is 5.92 Å². The smallest absolute Gasteiger partial charge is 0.304 e. The number of carboxylic acid groups (broad SMARTS) is 1. The molecule has 2 aromatic carbocycles. The standard InChI is InChI=1S/C27H31NO4/c1-18(4-3-15-29)16-24-19(2)28-32-26(24)22-7-5-20(6-8-22)21-9-11-23(12-10-21)27(13-14-27)17-25(30)31/h5-12,18,29H,3-4,13-17H2,1-2H3,(H,30,31). The van der Waals surface area contributed by atoms with E-state index >= 15 is 0 Å². The van der Waals surface area contributed by atoms with Gasteiger partial charge in [0.2, 0.25) is 0 Å². The van der Waals surface area contributed by atoms with E-state index in [4.69, 9.17) is 9.63 Å². The van der Waals surface area contributed by atoms with Crippen LogP contribution in [-0.2, 0) is 16.6 Å². The molecule has 0 spiro atoms. The Balaban J connectivity index is 1.50. The van der Waals surface area contributed by atoms with Crippen molar-refractivity contribution in [3.05, 3.63) is 65.4 Å². The molecule has 1 aliphatic rings. The largest absolute Gasteiger partial charge is 0.481 e. The molecular formula is C27H31NO4. The Kier molecular flexibility index (Phi) is 6.47. The minimum Gasteiger partial charge on any atom is -0.481 e. The van der Waals surface area contributed by atoms with Gasteiger partial charge in [0, 0.05) is 23.1 Å². The number of rotatable bonds is 10. The number of aliphatic carboxylic acids is 1. The summed E-state index contributed by atoms with van der Waals surface area (Å²) in [5.41, 5.74) is 6.25. The highest BCUT2D eigenvalue weighted by Crippen LogP contribution is 2.51. The summed E-state index contributed by atoms with van der Waals surface area (Å²) in [6.07, 6.45) is 4.77. The van der Waals surface area contributed by atoms with Gasteiger partial charge in [-0.25, -0.2) is 0 Å². The minimum atomic E-state index is -0.730. The molecule has 0 saturated heterocycles. The predicted octanol–water partition coefficient (Wildman–Crippen LogP) is 5.77. The molecule has 1 atom stereocenters. The van der Waals surface area contributed by atoms with E-state index in [1.807, 2.05) is 6.92 Å². The number of carbonyl (C=O) groups is 1. The number of hydrogen-bond acceptors (Lipinski definition) is 4. The first-order valence-corrected chi connectivity index (χ1v) is 11.4. The maximum Gasteiger partial charge on any atom is 0.304 e. The molecule has 0 amide bonds. The summed E-state index contributed by atoms with van der Waals surface area (Å²) in [5.74, 6) is 0.546. The first-order valence-electron chi connectivity index (χ1n) is 11.4. The second-order valence-corrected chi connectivity index (χ2v) is 9.26. The van der Waals surface area contributed by atoms with Crippen molar-refractivity contribution in [2.45, 2.75) is 57.8 Å². The number of aliphatic hydroxyl groups is 1. The predicted molar refractivity (Wildman–Crippen MR) is 124 cm³/mol. The Morgan fingerprint density at radius 3 is 2.22 bits per heavy atom. The Hall–Kier alpha value is -2.92. The molecule has 5 nitrogen and oxygen atoms in total. The number of aryl methyl sites for hydroxylation is 1. The molecule has 32 heavy (non-hydrogen) atoms. The van der Waals surface area contributed by atoms with Crippen LogP contribution in [0.15, 0.2) is 53.1 Å². The van der Waals surface area contributed by atoms with E-state index in [1.54, 1.807) is 0 Å². The molecule has 2 N–H and O–H groups in total. The molecule has 1 saturated carbocycles. The summed E-state index contributed by atoms with van der Waals surface area (Å²) in [4.78, 5) is 11.2. The van der Waals surface area contributed by atoms with Crippen LogP contribution >= 0.6 is 0 Å². The number of aromatic nitrogens is 1. The fraction of sp³-hybridized carbons (Fsp3) is 0.407. The lowest BCUT2D eigenvalue weighted by molar-refractivity contribution is -0.137. The van der Waals surface area contributed by atoms with Crippen molar-refractivity contribution in [3.63, 3.8) is 0 Å². The average molecular weight is 434 g/mol. The highest BCUT2D eigenvalue weighted by atomic mass is 16.5. The van der Waals surface area contributed by atoms with Crippen molar-refractivity contribution in [1.82, 2.24) is 5.16 Å². The van der Waals surface area contributed by atoms with Crippen LogP contribution in [0.5, 0.6) is 0 Å². The van der Waals surface area contributed by atoms with E-state index < -0.39 is 5.97 Å². The normalized spacial score (nSPS) is 15.5. The molecule has 1 aromatic heterocycles. The average Bonchev–Trinajstić information content (AvgIpc) is 3.48. The summed E-state index contributed by atoms with van der Waals surface area (Å²) in [7, 11) is 0. The minimum absolute atomic E-state index is 0.164. The zero-order valence-electron chi connectivity index (χ0n) is 18.8. The zero-order valence-corrected chi connectivity index (χ0v) is 18.8. The summed E-state index contributed by atoms with van der Waals surface area (Å²) in [6, 6.07) is 16.6. The molecule has 4 rings (SSSR count). The Labute approximate surface area is 189 Å². The van der Waals surface area contributed by atoms with Crippen LogP contribution in [0.3, 0.4) is 0 Å². The van der Waals surface area contributed by atoms with Gasteiger partial charge in [0.25, 0.3) is 0 Å². The van der Waals surface area contributed by atoms with E-state index in [2.05, 4.69) is 60.6 Å². The summed E-state index contributed by atoms with van der Waals surface area (Å²) < 4.78 is 5.68. The zero-order chi connectivity index (χ0) is 22.7. The van der Waals surface area contributed by atoms with Gasteiger partial charge in [0.15, 0.2) is 5.76 Å². The van der Waals surface area contributed by atoms with Crippen LogP contribution in [-0.4, -0.2) is 27.9 Å². The third kappa shape index (κ3) is 4.78. The molecule has 5 heteroatoms. The van der Waals surface area contributed by atoms with Gasteiger partial charge in [0.1, 0.15) is 0 Å². The van der Waals surface area contributed by atoms with Gasteiger partial charge in [-0.3, -0.25) is 4.79 Å². The lowest BCUT2D eigenvalue weighted by atomic mass is 9.90. The molecule has 0 aliphatic heterocycles. The molecule has 1 fully saturated rings. The van der Waals surface area contributed by atoms with Crippen LogP contribution in [0.2, 0.25) is 0 Å². The van der Waals surface area contributed by atoms with E-state index in [1.165, 1.54) is 0 Å². The monoisotopic (exact) mass is 433 g/mol. The van der Waals surface area contributed by atoms with Gasteiger partial charge in [-0.1, -0.05) is 60.6 Å². The third-order valence-corrected chi connectivity index (χ3v) is 6.71. The van der Waals surface area contributed by atoms with Gasteiger partial charge < -0.3 is 14.7 Å². The second kappa shape index (κ2) is 9.29. The van der Waals surface area contributed by atoms with Crippen LogP contribution < -0.4 is 0 Å². The molecule has 1 unspecified atom stereocenters. The van der Waals surface area contributed by atoms with E-state index in [0.29, 0.717) is 5.92 Å². The van der Waals surface area contributed by atoms with Crippen LogP contribution in [0.1, 0.15) is 55.8 Å². The van der Waals surface area contributed by atoms with Gasteiger partial charge in [0.05, 0.1) is 12.1 Å². The molecule has 168 valence electrons. The van der Waals surface area contributed by atoms with Crippen LogP contribution in [0.4, 0.5) is 0 Å². The summed E-state index contributed by atoms with van der Waals surface area (Å²) in [5, 5.41) is 22.5. The van der Waals surface area contributed by atoms with E-state index in [9.17, 15) is 9.90 Å². The third-order valence-electron chi connectivity index (χ3n) is 6.71. The van der Waals surface area contributed by atoms with Gasteiger partial charge in [-0.05, 0) is 61.6 Å². The summed E-state index contributed by atoms with van der Waals surface area (Å²) >= 11 is 0. The lowest BCUT2D eigenvalue weighted by Gasteiger charge is -2.14. The van der Waals surface area contributed by atoms with Gasteiger partial charge in [-0.15, -0.1) is 0 Å². The summed E-state index contributed by atoms with van der Waals surface area (Å²) in [6.45, 7) is 4.40. The molecule has 0 radical (unpaired) electrons. The number of aliphatic hydroxyl groups excluding tert-OH is 1. The van der Waals surface area contributed by atoms with Crippen molar-refractivity contribution in [3.8, 4) is 22.5 Å². The SMILES string of the molecule is Cc1noc(-c2ccc(-c3ccc(C4(CC(=O)O)CC4)cc3)cc2)c1CC(C)CCCO. The van der Waals surface area contributed by atoms with Crippen molar-refractivity contribution in [1.29, 1.82) is 0 Å². The fourth-order valence-electron chi connectivity index (χ4n) is 4.58. The van der Waals surface area contributed by atoms with E-state index in [-0.39, 0.29) is 18.4 Å². The Morgan fingerprint density at radius 1 is 1.06 bits per heavy atom. The number of benzene rings is 2. The topological polar surface area (TPSA) is 83.6 Å². The van der Waals surface area contributed by atoms with Crippen LogP contribution in [0, 0.1) is 12.8 Å². The maximum atomic E-state index is 11.2. The first kappa shape index (κ1) is 22.3. The maximum absolute atomic E-state index is 11.2. The number of hydrogen-bond donors (Lipinski definition) is 2. The van der Waals surface area contributed by atoms with Crippen molar-refractivity contribution in [2.75, 3.05) is 6.61 Å². The fourth-order valence-corrected chi connectivity index (χ4v) is 4.58. The van der Waals surface area contributed by atoms with Crippen molar-refractivity contribution >= 4 is 5.97 Å². The Bertz CT molecular complexity index is 1060. The molecule has 1 heterocycles. The second-order valence-electron chi connectivity index (χ2n) is 9.26. The Morgan fingerprint density at radius 2 is 1.66 bits per heavy atom. The highest BCUT2D eigenvalue weighted by molar-refractivity contribution is 5.72. The molecule has 0 bridgehead atoms. The molecule has 3 aromatic rings. The molecular weight excluding hydrogens is 402 g/mol. The van der Waals surface area contributed by atoms with Gasteiger partial charge in [-0.2, -0.15) is 0 Å². The first-order chi connectivity index (χ1) is 15.4. The quantitative estimate of drug-likeness (QED) is 0.424. The number of carboxylic acids is 1. The van der Waals surface area contributed by atoms with Crippen LogP contribution in [0.25, 0.3) is 22.5 Å². The molecule has 1 aliphatic carbocycles.